The SMILES string of the molecule is Cc1ccn2c(C(=O)CCc3ccc(N4CCN(C5CN(CC(F)(F)F)C5)[C@@H](C)C4)c(F)c3)c(C)nc2c1. The largest absolute Gasteiger partial charge is 0.401 e. The number of carbonyl (C=O) groups is 1. The molecule has 0 amide bonds. The number of benzene rings is 1. The van der Waals surface area contributed by atoms with Gasteiger partial charge in [-0.3, -0.25) is 19.0 Å². The number of Topliss-reactive ketones (excluding diaryl/α,β-unsaturated/α-hetero) is 1. The van der Waals surface area contributed by atoms with Crippen molar-refractivity contribution in [2.45, 2.75) is 51.9 Å². The van der Waals surface area contributed by atoms with Crippen molar-refractivity contribution in [3.63, 3.8) is 0 Å². The lowest BCUT2D eigenvalue weighted by Crippen LogP contribution is -2.66. The lowest BCUT2D eigenvalue weighted by atomic mass is 10.0. The first-order valence-electron chi connectivity index (χ1n) is 13.1. The molecule has 5 rings (SSSR count). The van der Waals surface area contributed by atoms with E-state index in [1.807, 2.05) is 54.5 Å². The topological polar surface area (TPSA) is 44.1 Å². The fraction of sp³-hybridized carbons (Fsp3) is 0.500. The number of imidazole rings is 1. The highest BCUT2D eigenvalue weighted by Crippen LogP contribution is 2.28. The Balaban J connectivity index is 1.17. The second-order valence-electron chi connectivity index (χ2n) is 10.7. The molecule has 2 aliphatic rings. The Morgan fingerprint density at radius 1 is 1.08 bits per heavy atom. The van der Waals surface area contributed by atoms with Gasteiger partial charge in [0.25, 0.3) is 0 Å². The third-order valence-electron chi connectivity index (χ3n) is 7.70. The molecule has 4 heterocycles. The zero-order chi connectivity index (χ0) is 27.2. The van der Waals surface area contributed by atoms with Gasteiger partial charge in [0.05, 0.1) is 17.9 Å². The minimum Gasteiger partial charge on any atom is -0.366 e. The maximum atomic E-state index is 15.1. The Labute approximate surface area is 219 Å². The van der Waals surface area contributed by atoms with Crippen LogP contribution >= 0.6 is 0 Å². The maximum absolute atomic E-state index is 15.1. The summed E-state index contributed by atoms with van der Waals surface area (Å²) in [5, 5.41) is 0. The zero-order valence-corrected chi connectivity index (χ0v) is 21.9. The molecule has 2 saturated heterocycles. The Morgan fingerprint density at radius 3 is 2.53 bits per heavy atom. The number of alkyl halides is 3. The van der Waals surface area contributed by atoms with Crippen molar-refractivity contribution in [3.05, 3.63) is 64.9 Å². The molecule has 0 spiro atoms. The maximum Gasteiger partial charge on any atom is 0.401 e. The van der Waals surface area contributed by atoms with Crippen molar-refractivity contribution >= 4 is 17.1 Å². The smallest absolute Gasteiger partial charge is 0.366 e. The van der Waals surface area contributed by atoms with Crippen molar-refractivity contribution in [1.29, 1.82) is 0 Å². The molecule has 1 aromatic carbocycles. The van der Waals surface area contributed by atoms with E-state index in [-0.39, 0.29) is 30.1 Å². The van der Waals surface area contributed by atoms with E-state index >= 15 is 4.39 Å². The number of fused-ring (bicyclic) bond motifs is 1. The van der Waals surface area contributed by atoms with Crippen LogP contribution < -0.4 is 4.90 Å². The highest BCUT2D eigenvalue weighted by molar-refractivity contribution is 5.96. The van der Waals surface area contributed by atoms with E-state index in [1.165, 1.54) is 11.0 Å². The molecule has 0 N–H and O–H groups in total. The van der Waals surface area contributed by atoms with Crippen molar-refractivity contribution < 1.29 is 22.4 Å². The van der Waals surface area contributed by atoms with Gasteiger partial charge < -0.3 is 4.90 Å². The van der Waals surface area contributed by atoms with Gasteiger partial charge in [0.1, 0.15) is 17.2 Å². The number of ketones is 1. The summed E-state index contributed by atoms with van der Waals surface area (Å²) in [5.74, 6) is -0.352. The molecule has 3 aromatic rings. The Hall–Kier alpha value is -2.98. The normalized spacial score (nSPS) is 19.8. The summed E-state index contributed by atoms with van der Waals surface area (Å²) in [6, 6.07) is 9.24. The van der Waals surface area contributed by atoms with Gasteiger partial charge in [-0.25, -0.2) is 9.37 Å². The van der Waals surface area contributed by atoms with Crippen LogP contribution in [0, 0.1) is 19.7 Å². The molecule has 0 saturated carbocycles. The summed E-state index contributed by atoms with van der Waals surface area (Å²) in [6.07, 6.45) is -1.63. The highest BCUT2D eigenvalue weighted by atomic mass is 19.4. The average molecular weight is 532 g/mol. The third-order valence-corrected chi connectivity index (χ3v) is 7.70. The molecule has 0 aliphatic carbocycles. The van der Waals surface area contributed by atoms with E-state index in [0.717, 1.165) is 16.8 Å². The summed E-state index contributed by atoms with van der Waals surface area (Å²) >= 11 is 0. The summed E-state index contributed by atoms with van der Waals surface area (Å²) in [7, 11) is 0. The molecular weight excluding hydrogens is 498 g/mol. The molecule has 0 unspecified atom stereocenters. The van der Waals surface area contributed by atoms with Crippen molar-refractivity contribution in [3.8, 4) is 0 Å². The minimum atomic E-state index is -4.17. The third kappa shape index (κ3) is 5.56. The molecule has 10 heteroatoms. The molecule has 1 atom stereocenters. The molecular formula is C28H33F4N5O. The fourth-order valence-electron chi connectivity index (χ4n) is 5.81. The number of hydrogen-bond donors (Lipinski definition) is 0. The minimum absolute atomic E-state index is 0.0296. The average Bonchev–Trinajstić information content (AvgIpc) is 3.14. The molecule has 6 nitrogen and oxygen atoms in total. The van der Waals surface area contributed by atoms with E-state index in [2.05, 4.69) is 9.88 Å². The molecule has 2 aromatic heterocycles. The number of carbonyl (C=O) groups excluding carboxylic acids is 1. The number of rotatable bonds is 7. The summed E-state index contributed by atoms with van der Waals surface area (Å²) < 4.78 is 54.7. The number of nitrogens with zero attached hydrogens (tertiary/aromatic N) is 5. The van der Waals surface area contributed by atoms with E-state index in [0.29, 0.717) is 56.2 Å². The van der Waals surface area contributed by atoms with Crippen molar-refractivity contribution in [2.75, 3.05) is 44.2 Å². The first kappa shape index (κ1) is 26.6. The second-order valence-corrected chi connectivity index (χ2v) is 10.7. The molecule has 0 bridgehead atoms. The standard InChI is InChI=1S/C28H33F4N5O/c1-18-8-9-37-26(12-18)33-20(3)27(37)25(38)7-5-21-4-6-24(23(29)13-21)35-10-11-36(19(2)14-35)22-15-34(16-22)17-28(30,31)32/h4,6,8-9,12-13,19,22H,5,7,10-11,14-17H2,1-3H3/t19-/m0/s1. The summed E-state index contributed by atoms with van der Waals surface area (Å²) in [6.45, 7) is 7.72. The van der Waals surface area contributed by atoms with Gasteiger partial charge in [-0.15, -0.1) is 0 Å². The number of anilines is 1. The van der Waals surface area contributed by atoms with Crippen LogP contribution in [-0.2, 0) is 6.42 Å². The molecule has 2 aliphatic heterocycles. The summed E-state index contributed by atoms with van der Waals surface area (Å²) in [5.41, 5.74) is 4.34. The Bertz CT molecular complexity index is 1330. The predicted molar refractivity (Wildman–Crippen MR) is 138 cm³/mol. The quantitative estimate of drug-likeness (QED) is 0.328. The van der Waals surface area contributed by atoms with Crippen LogP contribution in [0.15, 0.2) is 36.5 Å². The number of aryl methyl sites for hydroxylation is 3. The van der Waals surface area contributed by atoms with Crippen molar-refractivity contribution in [2.24, 2.45) is 0 Å². The Kier molecular flexibility index (Phi) is 7.21. The van der Waals surface area contributed by atoms with Crippen LogP contribution in [0.5, 0.6) is 0 Å². The lowest BCUT2D eigenvalue weighted by Gasteiger charge is -2.51. The van der Waals surface area contributed by atoms with Gasteiger partial charge in [-0.2, -0.15) is 13.2 Å². The number of likely N-dealkylation sites (tertiary alicyclic amines) is 1. The number of hydrogen-bond acceptors (Lipinski definition) is 5. The van der Waals surface area contributed by atoms with Crippen LogP contribution in [-0.4, -0.2) is 82.5 Å². The molecule has 2 fully saturated rings. The first-order valence-corrected chi connectivity index (χ1v) is 13.1. The number of halogens is 4. The summed E-state index contributed by atoms with van der Waals surface area (Å²) in [4.78, 5) is 23.2. The fourth-order valence-corrected chi connectivity index (χ4v) is 5.81. The molecule has 38 heavy (non-hydrogen) atoms. The van der Waals surface area contributed by atoms with E-state index in [1.54, 1.807) is 6.07 Å². The number of aromatic nitrogens is 2. The van der Waals surface area contributed by atoms with Gasteiger partial charge in [0.15, 0.2) is 5.78 Å². The lowest BCUT2D eigenvalue weighted by molar-refractivity contribution is -0.161. The van der Waals surface area contributed by atoms with Crippen LogP contribution in [0.1, 0.15) is 40.7 Å². The van der Waals surface area contributed by atoms with Crippen LogP contribution in [0.25, 0.3) is 5.65 Å². The predicted octanol–water partition coefficient (Wildman–Crippen LogP) is 4.66. The van der Waals surface area contributed by atoms with E-state index in [4.69, 9.17) is 0 Å². The Morgan fingerprint density at radius 2 is 1.84 bits per heavy atom. The van der Waals surface area contributed by atoms with Crippen LogP contribution in [0.2, 0.25) is 0 Å². The van der Waals surface area contributed by atoms with Gasteiger partial charge >= 0.3 is 6.18 Å². The van der Waals surface area contributed by atoms with Crippen LogP contribution in [0.4, 0.5) is 23.2 Å². The first-order chi connectivity index (χ1) is 18.0. The highest BCUT2D eigenvalue weighted by Gasteiger charge is 2.41. The van der Waals surface area contributed by atoms with Crippen molar-refractivity contribution in [1.82, 2.24) is 19.2 Å². The second kappa shape index (κ2) is 10.3. The van der Waals surface area contributed by atoms with Gasteiger partial charge in [-0.05, 0) is 62.6 Å². The van der Waals surface area contributed by atoms with Gasteiger partial charge in [-0.1, -0.05) is 6.07 Å². The molecule has 204 valence electrons. The molecule has 0 radical (unpaired) electrons. The van der Waals surface area contributed by atoms with Gasteiger partial charge in [0, 0.05) is 57.4 Å². The van der Waals surface area contributed by atoms with E-state index < -0.39 is 12.7 Å². The number of pyridine rings is 1. The van der Waals surface area contributed by atoms with Gasteiger partial charge in [0.2, 0.25) is 0 Å². The van der Waals surface area contributed by atoms with Crippen LogP contribution in [0.3, 0.4) is 0 Å². The monoisotopic (exact) mass is 531 g/mol. The number of piperazine rings is 1. The zero-order valence-electron chi connectivity index (χ0n) is 21.9. The van der Waals surface area contributed by atoms with E-state index in [9.17, 15) is 18.0 Å².